The first-order chi connectivity index (χ1) is 9.16. The summed E-state index contributed by atoms with van der Waals surface area (Å²) in [6.45, 7) is 1.40. The second-order valence-corrected chi connectivity index (χ2v) is 5.34. The number of aryl methyl sites for hydroxylation is 1. The molecule has 0 fully saturated rings. The number of aromatic nitrogens is 2. The van der Waals surface area contributed by atoms with Gasteiger partial charge < -0.3 is 10.5 Å². The summed E-state index contributed by atoms with van der Waals surface area (Å²) in [5.41, 5.74) is 6.42. The maximum absolute atomic E-state index is 5.71. The molecule has 2 N–H and O–H groups in total. The zero-order valence-electron chi connectivity index (χ0n) is 10.3. The highest BCUT2D eigenvalue weighted by molar-refractivity contribution is 9.10. The van der Waals surface area contributed by atoms with E-state index in [2.05, 4.69) is 21.0 Å². The lowest BCUT2D eigenvalue weighted by molar-refractivity contribution is 0.298. The smallest absolute Gasteiger partial charge is 0.129 e. The van der Waals surface area contributed by atoms with Gasteiger partial charge in [-0.2, -0.15) is 5.10 Å². The minimum Gasteiger partial charge on any atom is -0.493 e. The van der Waals surface area contributed by atoms with Gasteiger partial charge in [-0.3, -0.25) is 4.68 Å². The molecule has 0 aliphatic heterocycles. The van der Waals surface area contributed by atoms with Crippen LogP contribution < -0.4 is 10.5 Å². The Morgan fingerprint density at radius 1 is 1.42 bits per heavy atom. The average molecular weight is 340 g/mol. The lowest BCUT2D eigenvalue weighted by atomic mass is 10.2. The van der Waals surface area contributed by atoms with Crippen molar-refractivity contribution in [1.82, 2.24) is 9.78 Å². The molecule has 0 saturated carbocycles. The standard InChI is InChI=1S/C13H14BrN3OS/c14-10-8-16-17(9-10)6-3-7-18-12-5-2-1-4-11(12)13(15)19/h1-2,4-5,8-9H,3,6-7H2,(H2,15,19). The summed E-state index contributed by atoms with van der Waals surface area (Å²) in [6, 6.07) is 7.53. The topological polar surface area (TPSA) is 53.1 Å². The maximum Gasteiger partial charge on any atom is 0.129 e. The monoisotopic (exact) mass is 339 g/mol. The van der Waals surface area contributed by atoms with Crippen LogP contribution in [0.15, 0.2) is 41.1 Å². The molecule has 1 heterocycles. The highest BCUT2D eigenvalue weighted by Gasteiger charge is 2.05. The van der Waals surface area contributed by atoms with Gasteiger partial charge in [0.15, 0.2) is 0 Å². The van der Waals surface area contributed by atoms with Crippen molar-refractivity contribution >= 4 is 33.1 Å². The van der Waals surface area contributed by atoms with Gasteiger partial charge in [0.1, 0.15) is 10.7 Å². The number of ether oxygens (including phenoxy) is 1. The Morgan fingerprint density at radius 2 is 2.21 bits per heavy atom. The molecule has 0 aliphatic rings. The van der Waals surface area contributed by atoms with E-state index in [4.69, 9.17) is 22.7 Å². The summed E-state index contributed by atoms with van der Waals surface area (Å²) in [7, 11) is 0. The summed E-state index contributed by atoms with van der Waals surface area (Å²) in [6.07, 6.45) is 4.56. The van der Waals surface area contributed by atoms with E-state index >= 15 is 0 Å². The van der Waals surface area contributed by atoms with Gasteiger partial charge in [-0.1, -0.05) is 24.4 Å². The first-order valence-corrected chi connectivity index (χ1v) is 7.06. The van der Waals surface area contributed by atoms with Crippen LogP contribution in [0.3, 0.4) is 0 Å². The third kappa shape index (κ3) is 4.04. The van der Waals surface area contributed by atoms with Crippen molar-refractivity contribution in [3.05, 3.63) is 46.7 Å². The SMILES string of the molecule is NC(=S)c1ccccc1OCCCn1cc(Br)cn1. The summed E-state index contributed by atoms with van der Waals surface area (Å²) in [4.78, 5) is 0.353. The number of rotatable bonds is 6. The van der Waals surface area contributed by atoms with Crippen LogP contribution in [0.2, 0.25) is 0 Å². The van der Waals surface area contributed by atoms with Crippen LogP contribution in [-0.4, -0.2) is 21.4 Å². The molecule has 2 aromatic rings. The van der Waals surface area contributed by atoms with E-state index in [9.17, 15) is 0 Å². The zero-order valence-corrected chi connectivity index (χ0v) is 12.7. The van der Waals surface area contributed by atoms with Gasteiger partial charge in [-0.25, -0.2) is 0 Å². The van der Waals surface area contributed by atoms with Crippen LogP contribution in [0.4, 0.5) is 0 Å². The molecule has 0 bridgehead atoms. The van der Waals surface area contributed by atoms with Crippen LogP contribution >= 0.6 is 28.1 Å². The lowest BCUT2D eigenvalue weighted by Gasteiger charge is -2.10. The number of hydrogen-bond donors (Lipinski definition) is 1. The molecule has 0 saturated heterocycles. The van der Waals surface area contributed by atoms with Gasteiger partial charge in [-0.05, 0) is 28.1 Å². The fourth-order valence-electron chi connectivity index (χ4n) is 1.67. The van der Waals surface area contributed by atoms with Crippen LogP contribution in [0.5, 0.6) is 5.75 Å². The normalized spacial score (nSPS) is 10.4. The van der Waals surface area contributed by atoms with Crippen molar-refractivity contribution in [3.8, 4) is 5.75 Å². The summed E-state index contributed by atoms with van der Waals surface area (Å²) >= 11 is 8.35. The Labute approximate surface area is 125 Å². The van der Waals surface area contributed by atoms with Gasteiger partial charge >= 0.3 is 0 Å². The molecule has 0 aliphatic carbocycles. The summed E-state index contributed by atoms with van der Waals surface area (Å²) in [5, 5.41) is 4.18. The average Bonchev–Trinajstić information content (AvgIpc) is 2.81. The highest BCUT2D eigenvalue weighted by Crippen LogP contribution is 2.17. The summed E-state index contributed by atoms with van der Waals surface area (Å²) < 4.78 is 8.55. The molecule has 100 valence electrons. The molecule has 4 nitrogen and oxygen atoms in total. The van der Waals surface area contributed by atoms with E-state index in [-0.39, 0.29) is 0 Å². The van der Waals surface area contributed by atoms with E-state index in [0.29, 0.717) is 11.6 Å². The number of para-hydroxylation sites is 1. The fourth-order valence-corrected chi connectivity index (χ4v) is 2.16. The first-order valence-electron chi connectivity index (χ1n) is 5.86. The number of halogens is 1. The second kappa shape index (κ2) is 6.68. The second-order valence-electron chi connectivity index (χ2n) is 3.98. The summed E-state index contributed by atoms with van der Waals surface area (Å²) in [5.74, 6) is 0.733. The molecule has 0 atom stereocenters. The van der Waals surface area contributed by atoms with Gasteiger partial charge in [0.2, 0.25) is 0 Å². The van der Waals surface area contributed by atoms with Crippen LogP contribution in [-0.2, 0) is 6.54 Å². The molecular weight excluding hydrogens is 326 g/mol. The van der Waals surface area contributed by atoms with Crippen LogP contribution in [0.25, 0.3) is 0 Å². The number of hydrogen-bond acceptors (Lipinski definition) is 3. The third-order valence-electron chi connectivity index (χ3n) is 2.54. The zero-order chi connectivity index (χ0) is 13.7. The minimum absolute atomic E-state index is 0.353. The Kier molecular flexibility index (Phi) is 4.93. The molecular formula is C13H14BrN3OS. The largest absolute Gasteiger partial charge is 0.493 e. The van der Waals surface area contributed by atoms with Crippen molar-refractivity contribution in [2.24, 2.45) is 5.73 Å². The molecule has 0 unspecified atom stereocenters. The third-order valence-corrected chi connectivity index (χ3v) is 3.17. The quantitative estimate of drug-likeness (QED) is 0.649. The van der Waals surface area contributed by atoms with E-state index in [1.807, 2.05) is 35.1 Å². The number of thiocarbonyl (C=S) groups is 1. The fraction of sp³-hybridized carbons (Fsp3) is 0.231. The Bertz CT molecular complexity index is 571. The molecule has 19 heavy (non-hydrogen) atoms. The predicted molar refractivity (Wildman–Crippen MR) is 82.4 cm³/mol. The molecule has 0 amide bonds. The van der Waals surface area contributed by atoms with Crippen LogP contribution in [0, 0.1) is 0 Å². The van der Waals surface area contributed by atoms with Crippen molar-refractivity contribution in [3.63, 3.8) is 0 Å². The number of nitrogens with two attached hydrogens (primary N) is 1. The predicted octanol–water partition coefficient (Wildman–Crippen LogP) is 2.75. The number of benzene rings is 1. The first kappa shape index (κ1) is 14.0. The molecule has 2 rings (SSSR count). The molecule has 1 aromatic heterocycles. The van der Waals surface area contributed by atoms with E-state index in [1.165, 1.54) is 0 Å². The Hall–Kier alpha value is -1.40. The maximum atomic E-state index is 5.71. The van der Waals surface area contributed by atoms with E-state index < -0.39 is 0 Å². The van der Waals surface area contributed by atoms with Crippen molar-refractivity contribution in [2.75, 3.05) is 6.61 Å². The molecule has 0 radical (unpaired) electrons. The highest BCUT2D eigenvalue weighted by atomic mass is 79.9. The minimum atomic E-state index is 0.353. The molecule has 0 spiro atoms. The van der Waals surface area contributed by atoms with Crippen LogP contribution in [0.1, 0.15) is 12.0 Å². The Morgan fingerprint density at radius 3 is 2.89 bits per heavy atom. The molecule has 1 aromatic carbocycles. The molecule has 6 heteroatoms. The van der Waals surface area contributed by atoms with Crippen molar-refractivity contribution in [2.45, 2.75) is 13.0 Å². The van der Waals surface area contributed by atoms with E-state index in [0.717, 1.165) is 28.8 Å². The van der Waals surface area contributed by atoms with Crippen molar-refractivity contribution < 1.29 is 4.74 Å². The Balaban J connectivity index is 1.84. The lowest BCUT2D eigenvalue weighted by Crippen LogP contribution is -2.12. The van der Waals surface area contributed by atoms with Gasteiger partial charge in [0, 0.05) is 19.2 Å². The number of nitrogens with zero attached hydrogens (tertiary/aromatic N) is 2. The van der Waals surface area contributed by atoms with E-state index in [1.54, 1.807) is 6.20 Å². The van der Waals surface area contributed by atoms with Gasteiger partial charge in [0.05, 0.1) is 22.8 Å². The van der Waals surface area contributed by atoms with Crippen molar-refractivity contribution in [1.29, 1.82) is 0 Å². The van der Waals surface area contributed by atoms with Gasteiger partial charge in [-0.15, -0.1) is 0 Å². The van der Waals surface area contributed by atoms with Gasteiger partial charge in [0.25, 0.3) is 0 Å².